The van der Waals surface area contributed by atoms with Crippen LogP contribution in [0.5, 0.6) is 0 Å². The number of epoxide rings is 1. The quantitative estimate of drug-likeness (QED) is 0.708. The van der Waals surface area contributed by atoms with Gasteiger partial charge in [0.2, 0.25) is 0 Å². The van der Waals surface area contributed by atoms with Gasteiger partial charge in [-0.3, -0.25) is 0 Å². The molecule has 3 nitrogen and oxygen atoms in total. The third-order valence-electron chi connectivity index (χ3n) is 1.96. The van der Waals surface area contributed by atoms with Crippen molar-refractivity contribution in [2.45, 2.75) is 11.0 Å². The lowest BCUT2D eigenvalue weighted by atomic mass is 10.4. The van der Waals surface area contributed by atoms with Gasteiger partial charge >= 0.3 is 0 Å². The monoisotopic (exact) mass is 216 g/mol. The number of hydrogen-bond donors (Lipinski definition) is 0. The van der Waals surface area contributed by atoms with E-state index in [4.69, 9.17) is 4.74 Å². The average Bonchev–Trinajstić information content (AvgIpc) is 2.87. The van der Waals surface area contributed by atoms with Crippen molar-refractivity contribution in [3.63, 3.8) is 0 Å². The predicted octanol–water partition coefficient (Wildman–Crippen LogP) is 0.998. The number of hydrogen-bond acceptors (Lipinski definition) is 3. The summed E-state index contributed by atoms with van der Waals surface area (Å²) in [6, 6.07) is 5.02. The third-order valence-corrected chi connectivity index (χ3v) is 3.75. The largest absolute Gasteiger partial charge is 0.372 e. The number of sulfone groups is 1. The molecule has 76 valence electrons. The maximum absolute atomic E-state index is 12.8. The molecule has 1 atom stereocenters. The van der Waals surface area contributed by atoms with Crippen LogP contribution in [0, 0.1) is 5.82 Å². The Morgan fingerprint density at radius 3 is 2.79 bits per heavy atom. The Balaban J connectivity index is 2.28. The second kappa shape index (κ2) is 3.33. The lowest BCUT2D eigenvalue weighted by molar-refractivity contribution is 0.422. The molecule has 2 rings (SSSR count). The second-order valence-electron chi connectivity index (χ2n) is 3.19. The van der Waals surface area contributed by atoms with E-state index in [9.17, 15) is 12.8 Å². The number of benzene rings is 1. The van der Waals surface area contributed by atoms with Crippen molar-refractivity contribution in [1.29, 1.82) is 0 Å². The van der Waals surface area contributed by atoms with Crippen LogP contribution in [0.4, 0.5) is 4.39 Å². The van der Waals surface area contributed by atoms with Gasteiger partial charge in [-0.25, -0.2) is 12.8 Å². The highest BCUT2D eigenvalue weighted by atomic mass is 32.2. The zero-order chi connectivity index (χ0) is 10.2. The van der Waals surface area contributed by atoms with Crippen LogP contribution in [0.3, 0.4) is 0 Å². The molecule has 1 fully saturated rings. The third kappa shape index (κ3) is 2.10. The molecular weight excluding hydrogens is 207 g/mol. The van der Waals surface area contributed by atoms with Crippen LogP contribution < -0.4 is 0 Å². The molecule has 0 saturated carbocycles. The van der Waals surface area contributed by atoms with E-state index in [0.29, 0.717) is 6.61 Å². The Kier molecular flexibility index (Phi) is 2.28. The summed E-state index contributed by atoms with van der Waals surface area (Å²) in [6.07, 6.45) is -0.205. The zero-order valence-electron chi connectivity index (χ0n) is 7.31. The molecule has 0 aromatic heterocycles. The number of ether oxygens (including phenoxy) is 1. The summed E-state index contributed by atoms with van der Waals surface area (Å²) in [5.74, 6) is -0.598. The van der Waals surface area contributed by atoms with E-state index < -0.39 is 15.7 Å². The molecule has 1 aliphatic rings. The van der Waals surface area contributed by atoms with Crippen LogP contribution in [0.2, 0.25) is 0 Å². The van der Waals surface area contributed by atoms with Gasteiger partial charge in [-0.15, -0.1) is 0 Å². The van der Waals surface area contributed by atoms with Crippen LogP contribution >= 0.6 is 0 Å². The fourth-order valence-electron chi connectivity index (χ4n) is 1.17. The standard InChI is InChI=1S/C9H9FO3S/c10-7-2-1-3-9(4-7)14(11,12)6-8-5-13-8/h1-4,8H,5-6H2. The molecule has 14 heavy (non-hydrogen) atoms. The molecule has 0 bridgehead atoms. The smallest absolute Gasteiger partial charge is 0.181 e. The van der Waals surface area contributed by atoms with Crippen LogP contribution in [-0.4, -0.2) is 26.9 Å². The predicted molar refractivity (Wildman–Crippen MR) is 48.2 cm³/mol. The van der Waals surface area contributed by atoms with E-state index in [0.717, 1.165) is 6.07 Å². The van der Waals surface area contributed by atoms with Crippen molar-refractivity contribution in [3.8, 4) is 0 Å². The zero-order valence-corrected chi connectivity index (χ0v) is 8.13. The van der Waals surface area contributed by atoms with Gasteiger partial charge in [-0.2, -0.15) is 0 Å². The van der Waals surface area contributed by atoms with Crippen molar-refractivity contribution < 1.29 is 17.5 Å². The minimum absolute atomic E-state index is 0.0213. The van der Waals surface area contributed by atoms with Crippen molar-refractivity contribution in [2.75, 3.05) is 12.4 Å². The molecule has 0 N–H and O–H groups in total. The molecule has 1 saturated heterocycles. The minimum Gasteiger partial charge on any atom is -0.372 e. The lowest BCUT2D eigenvalue weighted by Crippen LogP contribution is -2.11. The maximum Gasteiger partial charge on any atom is 0.181 e. The van der Waals surface area contributed by atoms with Crippen molar-refractivity contribution >= 4 is 9.84 Å². The van der Waals surface area contributed by atoms with E-state index in [1.54, 1.807) is 0 Å². The highest BCUT2D eigenvalue weighted by Gasteiger charge is 2.30. The second-order valence-corrected chi connectivity index (χ2v) is 5.23. The highest BCUT2D eigenvalue weighted by molar-refractivity contribution is 7.91. The average molecular weight is 216 g/mol. The first-order valence-corrected chi connectivity index (χ1v) is 5.83. The Labute approximate surface area is 81.4 Å². The SMILES string of the molecule is O=S(=O)(CC1CO1)c1cccc(F)c1. The first kappa shape index (κ1) is 9.61. The fraction of sp³-hybridized carbons (Fsp3) is 0.333. The van der Waals surface area contributed by atoms with E-state index in [1.165, 1.54) is 18.2 Å². The Morgan fingerprint density at radius 1 is 1.50 bits per heavy atom. The van der Waals surface area contributed by atoms with Gasteiger partial charge < -0.3 is 4.74 Å². The van der Waals surface area contributed by atoms with Crippen LogP contribution in [0.25, 0.3) is 0 Å². The van der Waals surface area contributed by atoms with Crippen molar-refractivity contribution in [3.05, 3.63) is 30.1 Å². The Hall–Kier alpha value is -0.940. The summed E-state index contributed by atoms with van der Waals surface area (Å²) in [6.45, 7) is 0.481. The van der Waals surface area contributed by atoms with Gasteiger partial charge in [-0.05, 0) is 18.2 Å². The van der Waals surface area contributed by atoms with Crippen LogP contribution in [0.15, 0.2) is 29.2 Å². The van der Waals surface area contributed by atoms with Gasteiger partial charge in [0.25, 0.3) is 0 Å². The summed E-state index contributed by atoms with van der Waals surface area (Å²) < 4.78 is 40.8. The lowest BCUT2D eigenvalue weighted by Gasteiger charge is -2.01. The normalized spacial score (nSPS) is 20.8. The molecule has 1 aromatic carbocycles. The highest BCUT2D eigenvalue weighted by Crippen LogP contribution is 2.18. The van der Waals surface area contributed by atoms with Gasteiger partial charge in [0.05, 0.1) is 23.4 Å². The van der Waals surface area contributed by atoms with Gasteiger partial charge in [0.15, 0.2) is 9.84 Å². The van der Waals surface area contributed by atoms with E-state index >= 15 is 0 Å². The number of halogens is 1. The summed E-state index contributed by atoms with van der Waals surface area (Å²) in [5.41, 5.74) is 0. The van der Waals surface area contributed by atoms with Crippen molar-refractivity contribution in [1.82, 2.24) is 0 Å². The molecule has 0 aliphatic carbocycles. The minimum atomic E-state index is -3.38. The van der Waals surface area contributed by atoms with Crippen molar-refractivity contribution in [2.24, 2.45) is 0 Å². The molecule has 1 unspecified atom stereocenters. The topological polar surface area (TPSA) is 46.7 Å². The molecule has 0 radical (unpaired) electrons. The summed E-state index contributed by atoms with van der Waals surface area (Å²) in [5, 5.41) is 0. The van der Waals surface area contributed by atoms with Crippen LogP contribution in [-0.2, 0) is 14.6 Å². The van der Waals surface area contributed by atoms with Gasteiger partial charge in [0.1, 0.15) is 5.82 Å². The van der Waals surface area contributed by atoms with E-state index in [1.807, 2.05) is 0 Å². The number of rotatable bonds is 3. The summed E-state index contributed by atoms with van der Waals surface area (Å²) in [7, 11) is -3.38. The molecule has 0 spiro atoms. The molecule has 1 aliphatic heterocycles. The molecule has 1 aromatic rings. The van der Waals surface area contributed by atoms with E-state index in [-0.39, 0.29) is 16.8 Å². The molecule has 5 heteroatoms. The summed E-state index contributed by atoms with van der Waals surface area (Å²) in [4.78, 5) is 0.0213. The van der Waals surface area contributed by atoms with Crippen LogP contribution in [0.1, 0.15) is 0 Å². The first-order valence-electron chi connectivity index (χ1n) is 4.18. The first-order chi connectivity index (χ1) is 6.58. The Bertz CT molecular complexity index is 437. The van der Waals surface area contributed by atoms with E-state index in [2.05, 4.69) is 0 Å². The van der Waals surface area contributed by atoms with Gasteiger partial charge in [0, 0.05) is 0 Å². The summed E-state index contributed by atoms with van der Waals surface area (Å²) >= 11 is 0. The molecule has 1 heterocycles. The van der Waals surface area contributed by atoms with Gasteiger partial charge in [-0.1, -0.05) is 6.07 Å². The molecular formula is C9H9FO3S. The Morgan fingerprint density at radius 2 is 2.21 bits per heavy atom. The molecule has 0 amide bonds. The fourth-order valence-corrected chi connectivity index (χ4v) is 2.62. The maximum atomic E-state index is 12.8.